The number of nitrogens with one attached hydrogen (secondary N) is 1. The molecule has 0 amide bonds. The fourth-order valence-corrected chi connectivity index (χ4v) is 2.78. The molecule has 1 aliphatic rings. The van der Waals surface area contributed by atoms with Crippen LogP contribution in [0.1, 0.15) is 23.0 Å². The normalized spacial score (nSPS) is 15.8. The molecule has 2 N–H and O–H groups in total. The molecule has 1 aliphatic heterocycles. The Bertz CT molecular complexity index is 642. The average Bonchev–Trinajstić information content (AvgIpc) is 2.86. The molecule has 2 aromatic rings. The molecule has 5 heteroatoms. The number of piperazine rings is 1. The van der Waals surface area contributed by atoms with Crippen LogP contribution in [0, 0.1) is 0 Å². The van der Waals surface area contributed by atoms with Crippen molar-refractivity contribution in [2.45, 2.75) is 13.3 Å². The molecule has 1 fully saturated rings. The Morgan fingerprint density at radius 2 is 2.15 bits per heavy atom. The Morgan fingerprint density at radius 1 is 1.40 bits per heavy atom. The van der Waals surface area contributed by atoms with E-state index in [1.807, 2.05) is 19.1 Å². The zero-order valence-corrected chi connectivity index (χ0v) is 11.5. The Balaban J connectivity index is 2.07. The number of carboxylic acid groups (broad SMARTS) is 1. The molecule has 0 unspecified atom stereocenters. The lowest BCUT2D eigenvalue weighted by molar-refractivity contribution is 0.0663. The number of aromatic carboxylic acids is 1. The second-order valence-electron chi connectivity index (χ2n) is 4.99. The number of carboxylic acids is 1. The molecular formula is C15H18N2O3. The van der Waals surface area contributed by atoms with Gasteiger partial charge in [-0.3, -0.25) is 0 Å². The third-order valence-electron chi connectivity index (χ3n) is 3.80. The Hall–Kier alpha value is -2.01. The second-order valence-corrected chi connectivity index (χ2v) is 4.99. The van der Waals surface area contributed by atoms with Gasteiger partial charge in [-0.15, -0.1) is 0 Å². The van der Waals surface area contributed by atoms with Crippen molar-refractivity contribution in [3.8, 4) is 0 Å². The van der Waals surface area contributed by atoms with Gasteiger partial charge in [0.15, 0.2) is 0 Å². The standard InChI is InChI=1S/C15H18N2O3/c1-2-11-12-9-10(17-7-5-16-6-8-17)3-4-13(12)20-14(11)15(18)19/h3-4,9,16H,2,5-8H2,1H3,(H,18,19). The van der Waals surface area contributed by atoms with E-state index in [0.717, 1.165) is 42.8 Å². The molecule has 1 saturated heterocycles. The number of fused-ring (bicyclic) bond motifs is 1. The molecule has 0 radical (unpaired) electrons. The molecule has 0 saturated carbocycles. The number of anilines is 1. The number of hydrogen-bond donors (Lipinski definition) is 2. The SMILES string of the molecule is CCc1c(C(=O)O)oc2ccc(N3CCNCC3)cc12. The molecule has 1 aromatic carbocycles. The first kappa shape index (κ1) is 13.0. The van der Waals surface area contributed by atoms with Crippen LogP contribution in [-0.2, 0) is 6.42 Å². The van der Waals surface area contributed by atoms with Crippen molar-refractivity contribution in [3.05, 3.63) is 29.5 Å². The largest absolute Gasteiger partial charge is 0.475 e. The van der Waals surface area contributed by atoms with Crippen molar-refractivity contribution >= 4 is 22.6 Å². The maximum absolute atomic E-state index is 11.2. The minimum atomic E-state index is -0.998. The van der Waals surface area contributed by atoms with Crippen molar-refractivity contribution in [3.63, 3.8) is 0 Å². The summed E-state index contributed by atoms with van der Waals surface area (Å²) < 4.78 is 5.46. The Morgan fingerprint density at radius 3 is 2.80 bits per heavy atom. The first-order valence-electron chi connectivity index (χ1n) is 6.95. The van der Waals surface area contributed by atoms with E-state index in [2.05, 4.69) is 16.3 Å². The van der Waals surface area contributed by atoms with Gasteiger partial charge in [-0.2, -0.15) is 0 Å². The fraction of sp³-hybridized carbons (Fsp3) is 0.400. The molecule has 0 aliphatic carbocycles. The average molecular weight is 274 g/mol. The highest BCUT2D eigenvalue weighted by atomic mass is 16.4. The number of furan rings is 1. The third-order valence-corrected chi connectivity index (χ3v) is 3.80. The summed E-state index contributed by atoms with van der Waals surface area (Å²) in [6.45, 7) is 5.84. The van der Waals surface area contributed by atoms with Gasteiger partial charge in [-0.05, 0) is 24.6 Å². The van der Waals surface area contributed by atoms with Crippen LogP contribution in [0.25, 0.3) is 11.0 Å². The van der Waals surface area contributed by atoms with Crippen LogP contribution < -0.4 is 10.2 Å². The van der Waals surface area contributed by atoms with Crippen LogP contribution in [0.2, 0.25) is 0 Å². The van der Waals surface area contributed by atoms with E-state index in [-0.39, 0.29) is 5.76 Å². The molecule has 3 rings (SSSR count). The third kappa shape index (κ3) is 2.14. The summed E-state index contributed by atoms with van der Waals surface area (Å²) in [5.74, 6) is -0.929. The van der Waals surface area contributed by atoms with Gasteiger partial charge in [0, 0.05) is 42.8 Å². The highest BCUT2D eigenvalue weighted by molar-refractivity contribution is 5.96. The lowest BCUT2D eigenvalue weighted by Crippen LogP contribution is -2.43. The minimum absolute atomic E-state index is 0.0694. The van der Waals surface area contributed by atoms with Gasteiger partial charge in [0.1, 0.15) is 5.58 Å². The van der Waals surface area contributed by atoms with E-state index in [1.54, 1.807) is 0 Å². The number of carbonyl (C=O) groups is 1. The van der Waals surface area contributed by atoms with Gasteiger partial charge >= 0.3 is 5.97 Å². The van der Waals surface area contributed by atoms with Crippen LogP contribution in [-0.4, -0.2) is 37.3 Å². The van der Waals surface area contributed by atoms with Crippen LogP contribution in [0.3, 0.4) is 0 Å². The van der Waals surface area contributed by atoms with Crippen LogP contribution in [0.4, 0.5) is 5.69 Å². The number of benzene rings is 1. The van der Waals surface area contributed by atoms with Crippen LogP contribution >= 0.6 is 0 Å². The van der Waals surface area contributed by atoms with E-state index in [1.165, 1.54) is 0 Å². The molecule has 106 valence electrons. The summed E-state index contributed by atoms with van der Waals surface area (Å²) in [5.41, 5.74) is 2.56. The zero-order valence-electron chi connectivity index (χ0n) is 11.5. The predicted molar refractivity (Wildman–Crippen MR) is 77.6 cm³/mol. The molecule has 0 atom stereocenters. The second kappa shape index (κ2) is 5.17. The number of aryl methyl sites for hydroxylation is 1. The molecule has 0 bridgehead atoms. The summed E-state index contributed by atoms with van der Waals surface area (Å²) in [5, 5.41) is 13.4. The first-order chi connectivity index (χ1) is 9.70. The quantitative estimate of drug-likeness (QED) is 0.897. The zero-order chi connectivity index (χ0) is 14.1. The van der Waals surface area contributed by atoms with E-state index < -0.39 is 5.97 Å². The number of hydrogen-bond acceptors (Lipinski definition) is 4. The van der Waals surface area contributed by atoms with Crippen molar-refractivity contribution in [1.82, 2.24) is 5.32 Å². The summed E-state index contributed by atoms with van der Waals surface area (Å²) in [4.78, 5) is 13.5. The maximum Gasteiger partial charge on any atom is 0.372 e. The van der Waals surface area contributed by atoms with Gasteiger partial charge < -0.3 is 19.7 Å². The summed E-state index contributed by atoms with van der Waals surface area (Å²) >= 11 is 0. The van der Waals surface area contributed by atoms with Gasteiger partial charge in [0.05, 0.1) is 0 Å². The Labute approximate surface area is 117 Å². The molecule has 1 aromatic heterocycles. The van der Waals surface area contributed by atoms with Crippen molar-refractivity contribution in [2.75, 3.05) is 31.1 Å². The van der Waals surface area contributed by atoms with E-state index in [9.17, 15) is 9.90 Å². The topological polar surface area (TPSA) is 65.7 Å². The smallest absolute Gasteiger partial charge is 0.372 e. The van der Waals surface area contributed by atoms with E-state index >= 15 is 0 Å². The fourth-order valence-electron chi connectivity index (χ4n) is 2.78. The minimum Gasteiger partial charge on any atom is -0.475 e. The first-order valence-corrected chi connectivity index (χ1v) is 6.95. The summed E-state index contributed by atoms with van der Waals surface area (Å²) in [6.07, 6.45) is 0.652. The molecule has 20 heavy (non-hydrogen) atoms. The van der Waals surface area contributed by atoms with Crippen LogP contribution in [0.5, 0.6) is 0 Å². The molecule has 5 nitrogen and oxygen atoms in total. The van der Waals surface area contributed by atoms with E-state index in [4.69, 9.17) is 4.42 Å². The number of rotatable bonds is 3. The van der Waals surface area contributed by atoms with Crippen LogP contribution in [0.15, 0.2) is 22.6 Å². The summed E-state index contributed by atoms with van der Waals surface area (Å²) in [7, 11) is 0. The lowest BCUT2D eigenvalue weighted by Gasteiger charge is -2.29. The number of nitrogens with zero attached hydrogens (tertiary/aromatic N) is 1. The predicted octanol–water partition coefficient (Wildman–Crippen LogP) is 2.10. The molecule has 0 spiro atoms. The van der Waals surface area contributed by atoms with Crippen molar-refractivity contribution in [1.29, 1.82) is 0 Å². The highest BCUT2D eigenvalue weighted by Gasteiger charge is 2.20. The van der Waals surface area contributed by atoms with Crippen molar-refractivity contribution < 1.29 is 14.3 Å². The summed E-state index contributed by atoms with van der Waals surface area (Å²) in [6, 6.07) is 5.93. The highest BCUT2D eigenvalue weighted by Crippen LogP contribution is 2.30. The molecule has 2 heterocycles. The van der Waals surface area contributed by atoms with E-state index in [0.29, 0.717) is 12.0 Å². The molecular weight excluding hydrogens is 256 g/mol. The van der Waals surface area contributed by atoms with Gasteiger partial charge in [0.2, 0.25) is 5.76 Å². The lowest BCUT2D eigenvalue weighted by atomic mass is 10.1. The van der Waals surface area contributed by atoms with Crippen molar-refractivity contribution in [2.24, 2.45) is 0 Å². The monoisotopic (exact) mass is 274 g/mol. The van der Waals surface area contributed by atoms with Gasteiger partial charge in [-0.25, -0.2) is 4.79 Å². The maximum atomic E-state index is 11.2. The van der Waals surface area contributed by atoms with Gasteiger partial charge in [-0.1, -0.05) is 6.92 Å². The Kier molecular flexibility index (Phi) is 3.36. The van der Waals surface area contributed by atoms with Gasteiger partial charge in [0.25, 0.3) is 0 Å².